The van der Waals surface area contributed by atoms with E-state index in [4.69, 9.17) is 5.73 Å². The van der Waals surface area contributed by atoms with Crippen molar-refractivity contribution in [3.63, 3.8) is 0 Å². The zero-order chi connectivity index (χ0) is 13.0. The van der Waals surface area contributed by atoms with Gasteiger partial charge in [-0.2, -0.15) is 5.10 Å². The van der Waals surface area contributed by atoms with Gasteiger partial charge >= 0.3 is 0 Å². The molecule has 4 nitrogen and oxygen atoms in total. The molecule has 18 heavy (non-hydrogen) atoms. The number of thiophene rings is 1. The second-order valence-corrected chi connectivity index (χ2v) is 4.97. The molecule has 0 aliphatic carbocycles. The number of hydrogen-bond donors (Lipinski definition) is 1. The number of nitrogens with zero attached hydrogens (tertiary/aromatic N) is 2. The first kappa shape index (κ1) is 12.6. The van der Waals surface area contributed by atoms with Gasteiger partial charge in [-0.1, -0.05) is 11.8 Å². The molecule has 0 saturated carbocycles. The van der Waals surface area contributed by atoms with Crippen molar-refractivity contribution in [1.82, 2.24) is 9.78 Å². The Bertz CT molecular complexity index is 661. The van der Waals surface area contributed by atoms with Crippen LogP contribution in [0.1, 0.15) is 15.3 Å². The van der Waals surface area contributed by atoms with Crippen molar-refractivity contribution in [2.24, 2.45) is 5.73 Å². The minimum atomic E-state index is -0.0852. The molecule has 2 aromatic rings. The standard InChI is InChI=1S/C13H13N3OS/c1-10-7-13(17)16(15-8-10)9-12-5-4-11(18-12)3-2-6-14/h4-5,7-8H,6,9,14H2,1H3. The van der Waals surface area contributed by atoms with Crippen molar-refractivity contribution in [1.29, 1.82) is 0 Å². The van der Waals surface area contributed by atoms with Crippen LogP contribution in [0.4, 0.5) is 0 Å². The maximum atomic E-state index is 11.7. The van der Waals surface area contributed by atoms with E-state index < -0.39 is 0 Å². The Kier molecular flexibility index (Phi) is 3.92. The molecule has 0 atom stereocenters. The number of rotatable bonds is 2. The Morgan fingerprint density at radius 1 is 1.50 bits per heavy atom. The topological polar surface area (TPSA) is 60.9 Å². The van der Waals surface area contributed by atoms with Crippen molar-refractivity contribution < 1.29 is 0 Å². The molecule has 0 unspecified atom stereocenters. The third kappa shape index (κ3) is 3.06. The van der Waals surface area contributed by atoms with Crippen LogP contribution >= 0.6 is 11.3 Å². The van der Waals surface area contributed by atoms with Gasteiger partial charge in [0.15, 0.2) is 0 Å². The quantitative estimate of drug-likeness (QED) is 0.818. The van der Waals surface area contributed by atoms with Crippen LogP contribution in [0.3, 0.4) is 0 Å². The average Bonchev–Trinajstić information content (AvgIpc) is 2.78. The fourth-order valence-electron chi connectivity index (χ4n) is 1.46. The summed E-state index contributed by atoms with van der Waals surface area (Å²) in [7, 11) is 0. The van der Waals surface area contributed by atoms with Crippen molar-refractivity contribution >= 4 is 11.3 Å². The summed E-state index contributed by atoms with van der Waals surface area (Å²) in [6, 6.07) is 5.47. The van der Waals surface area contributed by atoms with E-state index >= 15 is 0 Å². The molecule has 0 aromatic carbocycles. The predicted molar refractivity (Wildman–Crippen MR) is 72.6 cm³/mol. The van der Waals surface area contributed by atoms with E-state index in [0.717, 1.165) is 15.3 Å². The van der Waals surface area contributed by atoms with Gasteiger partial charge in [0.1, 0.15) is 0 Å². The summed E-state index contributed by atoms with van der Waals surface area (Å²) in [5.41, 5.74) is 6.10. The Labute approximate surface area is 109 Å². The van der Waals surface area contributed by atoms with E-state index in [1.54, 1.807) is 23.6 Å². The molecule has 92 valence electrons. The van der Waals surface area contributed by atoms with Gasteiger partial charge in [0.25, 0.3) is 5.56 Å². The molecule has 5 heteroatoms. The molecule has 2 N–H and O–H groups in total. The number of aryl methyl sites for hydroxylation is 1. The molecule has 0 amide bonds. The highest BCUT2D eigenvalue weighted by Gasteiger charge is 2.02. The Hall–Kier alpha value is -1.90. The molecule has 2 rings (SSSR count). The lowest BCUT2D eigenvalue weighted by Crippen LogP contribution is -2.22. The fourth-order valence-corrected chi connectivity index (χ4v) is 2.32. The number of aromatic nitrogens is 2. The van der Waals surface area contributed by atoms with E-state index in [2.05, 4.69) is 16.9 Å². The summed E-state index contributed by atoms with van der Waals surface area (Å²) in [5, 5.41) is 4.10. The fraction of sp³-hybridized carbons (Fsp3) is 0.231. The monoisotopic (exact) mass is 259 g/mol. The van der Waals surface area contributed by atoms with Crippen LogP contribution in [0.15, 0.2) is 29.2 Å². The van der Waals surface area contributed by atoms with E-state index in [1.807, 2.05) is 19.1 Å². The first-order valence-corrected chi connectivity index (χ1v) is 6.32. The summed E-state index contributed by atoms with van der Waals surface area (Å²) >= 11 is 1.55. The van der Waals surface area contributed by atoms with Gasteiger partial charge in [0.2, 0.25) is 0 Å². The van der Waals surface area contributed by atoms with Gasteiger partial charge in [-0.05, 0) is 24.6 Å². The van der Waals surface area contributed by atoms with Crippen LogP contribution in [-0.4, -0.2) is 16.3 Å². The summed E-state index contributed by atoms with van der Waals surface area (Å²) in [5.74, 6) is 5.77. The lowest BCUT2D eigenvalue weighted by Gasteiger charge is -2.01. The number of hydrogen-bond acceptors (Lipinski definition) is 4. The Morgan fingerprint density at radius 2 is 2.33 bits per heavy atom. The first-order chi connectivity index (χ1) is 8.69. The lowest BCUT2D eigenvalue weighted by atomic mass is 10.3. The van der Waals surface area contributed by atoms with E-state index in [0.29, 0.717) is 13.1 Å². The van der Waals surface area contributed by atoms with Crippen molar-refractivity contribution in [3.8, 4) is 11.8 Å². The van der Waals surface area contributed by atoms with Crippen molar-refractivity contribution in [2.75, 3.05) is 6.54 Å². The second kappa shape index (κ2) is 5.63. The molecule has 2 aromatic heterocycles. The summed E-state index contributed by atoms with van der Waals surface area (Å²) in [6.07, 6.45) is 1.68. The first-order valence-electron chi connectivity index (χ1n) is 5.50. The smallest absolute Gasteiger partial charge is 0.267 e. The van der Waals surface area contributed by atoms with Crippen LogP contribution < -0.4 is 11.3 Å². The molecular formula is C13H13N3OS. The van der Waals surface area contributed by atoms with Gasteiger partial charge in [-0.3, -0.25) is 4.79 Å². The minimum Gasteiger partial charge on any atom is -0.320 e. The molecule has 0 fully saturated rings. The molecule has 2 heterocycles. The van der Waals surface area contributed by atoms with Crippen molar-refractivity contribution in [3.05, 3.63) is 50.1 Å². The normalized spacial score (nSPS) is 9.89. The van der Waals surface area contributed by atoms with Gasteiger partial charge in [-0.25, -0.2) is 4.68 Å². The predicted octanol–water partition coefficient (Wildman–Crippen LogP) is 0.972. The minimum absolute atomic E-state index is 0.0852. The SMILES string of the molecule is Cc1cnn(Cc2ccc(C#CCN)s2)c(=O)c1. The molecule has 0 saturated heterocycles. The molecular weight excluding hydrogens is 246 g/mol. The largest absolute Gasteiger partial charge is 0.320 e. The lowest BCUT2D eigenvalue weighted by molar-refractivity contribution is 0.642. The zero-order valence-corrected chi connectivity index (χ0v) is 10.8. The van der Waals surface area contributed by atoms with Gasteiger partial charge in [-0.15, -0.1) is 11.3 Å². The van der Waals surface area contributed by atoms with Crippen LogP contribution in [0.2, 0.25) is 0 Å². The van der Waals surface area contributed by atoms with Crippen LogP contribution in [0, 0.1) is 18.8 Å². The Balaban J connectivity index is 2.19. The highest BCUT2D eigenvalue weighted by Crippen LogP contribution is 2.15. The Morgan fingerprint density at radius 3 is 3.06 bits per heavy atom. The highest BCUT2D eigenvalue weighted by molar-refractivity contribution is 7.12. The molecule has 0 aliphatic heterocycles. The third-order valence-electron chi connectivity index (χ3n) is 2.29. The summed E-state index contributed by atoms with van der Waals surface area (Å²) in [4.78, 5) is 13.7. The highest BCUT2D eigenvalue weighted by atomic mass is 32.1. The molecule has 0 aliphatic rings. The number of nitrogens with two attached hydrogens (primary N) is 1. The van der Waals surface area contributed by atoms with Gasteiger partial charge < -0.3 is 5.73 Å². The van der Waals surface area contributed by atoms with E-state index in [1.165, 1.54) is 4.68 Å². The van der Waals surface area contributed by atoms with Gasteiger partial charge in [0, 0.05) is 10.9 Å². The maximum Gasteiger partial charge on any atom is 0.267 e. The van der Waals surface area contributed by atoms with E-state index in [-0.39, 0.29) is 5.56 Å². The zero-order valence-electron chi connectivity index (χ0n) is 10.0. The summed E-state index contributed by atoms with van der Waals surface area (Å²) in [6.45, 7) is 2.69. The molecule has 0 bridgehead atoms. The molecule has 0 radical (unpaired) electrons. The second-order valence-electron chi connectivity index (χ2n) is 3.80. The third-order valence-corrected chi connectivity index (χ3v) is 3.27. The van der Waals surface area contributed by atoms with Crippen LogP contribution in [-0.2, 0) is 6.54 Å². The van der Waals surface area contributed by atoms with E-state index in [9.17, 15) is 4.79 Å². The van der Waals surface area contributed by atoms with Crippen molar-refractivity contribution in [2.45, 2.75) is 13.5 Å². The van der Waals surface area contributed by atoms with Crippen LogP contribution in [0.5, 0.6) is 0 Å². The van der Waals surface area contributed by atoms with Crippen LogP contribution in [0.25, 0.3) is 0 Å². The van der Waals surface area contributed by atoms with Gasteiger partial charge in [0.05, 0.1) is 24.2 Å². The maximum absolute atomic E-state index is 11.7. The summed E-state index contributed by atoms with van der Waals surface area (Å²) < 4.78 is 1.44. The average molecular weight is 259 g/mol. The molecule has 0 spiro atoms.